The fraction of sp³-hybridized carbons (Fsp3) is 0.750. The first-order chi connectivity index (χ1) is 8.69. The maximum absolute atomic E-state index is 6.13. The monoisotopic (exact) mass is 442 g/mol. The van der Waals surface area contributed by atoms with Gasteiger partial charge in [0.15, 0.2) is 0 Å². The molecule has 0 N–H and O–H groups in total. The van der Waals surface area contributed by atoms with Crippen LogP contribution in [0.3, 0.4) is 0 Å². The van der Waals surface area contributed by atoms with Gasteiger partial charge in [-0.1, -0.05) is 0 Å². The summed E-state index contributed by atoms with van der Waals surface area (Å²) in [6, 6.07) is 0.502. The summed E-state index contributed by atoms with van der Waals surface area (Å²) in [4.78, 5) is 0. The van der Waals surface area contributed by atoms with Gasteiger partial charge in [0.2, 0.25) is 0 Å². The van der Waals surface area contributed by atoms with Crippen LogP contribution in [0.1, 0.15) is 31.7 Å². The van der Waals surface area contributed by atoms with E-state index in [1.807, 2.05) is 0 Å². The second-order valence-corrected chi connectivity index (χ2v) is 8.14. The van der Waals surface area contributed by atoms with Crippen LogP contribution in [0.15, 0.2) is 10.7 Å². The number of rotatable bonds is 1. The molecular weight excluding hydrogens is 427 g/mol. The molecule has 6 heteroatoms. The molecule has 3 heterocycles. The van der Waals surface area contributed by atoms with Crippen molar-refractivity contribution in [1.82, 2.24) is 9.78 Å². The Bertz CT molecular complexity index is 409. The minimum Gasteiger partial charge on any atom is -0.375 e. The van der Waals surface area contributed by atoms with Gasteiger partial charge in [-0.05, 0) is 75.7 Å². The maximum Gasteiger partial charge on any atom is 0.137 e. The third-order valence-electron chi connectivity index (χ3n) is 3.89. The Morgan fingerprint density at radius 3 is 2.94 bits per heavy atom. The highest BCUT2D eigenvalue weighted by Crippen LogP contribution is 2.41. The summed E-state index contributed by atoms with van der Waals surface area (Å²) >= 11 is 7.87. The molecule has 2 aliphatic rings. The van der Waals surface area contributed by atoms with Crippen LogP contribution in [-0.4, -0.2) is 33.5 Å². The van der Waals surface area contributed by atoms with Gasteiger partial charge in [-0.2, -0.15) is 16.9 Å². The van der Waals surface area contributed by atoms with E-state index in [-0.39, 0.29) is 5.60 Å². The van der Waals surface area contributed by atoms with Gasteiger partial charge in [0, 0.05) is 12.8 Å². The number of nitrogens with zero attached hydrogens (tertiary/aromatic N) is 2. The van der Waals surface area contributed by atoms with Crippen molar-refractivity contribution in [3.8, 4) is 0 Å². The van der Waals surface area contributed by atoms with Crippen LogP contribution in [0.4, 0.5) is 0 Å². The van der Waals surface area contributed by atoms with Gasteiger partial charge in [0.05, 0.1) is 16.1 Å². The van der Waals surface area contributed by atoms with E-state index in [1.165, 1.54) is 24.3 Å². The van der Waals surface area contributed by atoms with E-state index in [0.29, 0.717) is 6.04 Å². The molecule has 1 atom stereocenters. The normalized spacial score (nSPS) is 27.6. The average Bonchev–Trinajstić information content (AvgIpc) is 2.71. The standard InChI is InChI=1S/C12H16BrIN2OS/c13-10-8-16(15-11(10)14)9-1-4-17-12(7-9)2-5-18-6-3-12/h8-9H,1-7H2. The van der Waals surface area contributed by atoms with Crippen molar-refractivity contribution in [2.24, 2.45) is 0 Å². The van der Waals surface area contributed by atoms with E-state index in [1.54, 1.807) is 0 Å². The Balaban J connectivity index is 1.77. The molecule has 0 aromatic carbocycles. The highest BCUT2D eigenvalue weighted by molar-refractivity contribution is 14.1. The third kappa shape index (κ3) is 2.76. The summed E-state index contributed by atoms with van der Waals surface area (Å²) < 4.78 is 10.4. The largest absolute Gasteiger partial charge is 0.375 e. The molecule has 18 heavy (non-hydrogen) atoms. The molecule has 1 spiro atoms. The van der Waals surface area contributed by atoms with Crippen LogP contribution >= 0.6 is 50.3 Å². The molecule has 1 aromatic heterocycles. The first kappa shape index (κ1) is 13.7. The van der Waals surface area contributed by atoms with Crippen LogP contribution in [0.2, 0.25) is 0 Å². The predicted molar refractivity (Wildman–Crippen MR) is 86.2 cm³/mol. The number of aromatic nitrogens is 2. The summed E-state index contributed by atoms with van der Waals surface area (Å²) in [5.74, 6) is 2.49. The van der Waals surface area contributed by atoms with Gasteiger partial charge >= 0.3 is 0 Å². The van der Waals surface area contributed by atoms with Crippen LogP contribution in [0, 0.1) is 3.70 Å². The van der Waals surface area contributed by atoms with Crippen molar-refractivity contribution in [3.05, 3.63) is 14.4 Å². The minimum absolute atomic E-state index is 0.137. The van der Waals surface area contributed by atoms with Gasteiger partial charge in [-0.3, -0.25) is 4.68 Å². The van der Waals surface area contributed by atoms with E-state index in [0.717, 1.165) is 27.6 Å². The zero-order valence-electron chi connectivity index (χ0n) is 10.1. The van der Waals surface area contributed by atoms with Gasteiger partial charge in [0.25, 0.3) is 0 Å². The molecule has 0 amide bonds. The SMILES string of the molecule is Brc1cn(C2CCOC3(CCSCC3)C2)nc1I. The summed E-state index contributed by atoms with van der Waals surface area (Å²) in [5, 5.41) is 4.61. The Morgan fingerprint density at radius 2 is 2.28 bits per heavy atom. The first-order valence-corrected chi connectivity index (χ1v) is 9.33. The minimum atomic E-state index is 0.137. The summed E-state index contributed by atoms with van der Waals surface area (Å²) in [5.41, 5.74) is 0.137. The lowest BCUT2D eigenvalue weighted by molar-refractivity contribution is -0.100. The topological polar surface area (TPSA) is 27.1 Å². The quantitative estimate of drug-likeness (QED) is 0.617. The Labute approximate surface area is 134 Å². The van der Waals surface area contributed by atoms with E-state index in [9.17, 15) is 0 Å². The van der Waals surface area contributed by atoms with Crippen LogP contribution in [0.25, 0.3) is 0 Å². The maximum atomic E-state index is 6.13. The Morgan fingerprint density at radius 1 is 1.50 bits per heavy atom. The zero-order chi connectivity index (χ0) is 12.6. The van der Waals surface area contributed by atoms with Crippen LogP contribution in [0.5, 0.6) is 0 Å². The predicted octanol–water partition coefficient (Wildman–Crippen LogP) is 3.87. The smallest absolute Gasteiger partial charge is 0.137 e. The molecule has 3 nitrogen and oxygen atoms in total. The molecule has 0 saturated carbocycles. The fourth-order valence-electron chi connectivity index (χ4n) is 2.85. The molecule has 2 saturated heterocycles. The van der Waals surface area contributed by atoms with Gasteiger partial charge in [-0.25, -0.2) is 0 Å². The van der Waals surface area contributed by atoms with Crippen molar-refractivity contribution in [2.75, 3.05) is 18.1 Å². The Hall–Kier alpha value is 0.730. The lowest BCUT2D eigenvalue weighted by atomic mass is 9.85. The molecule has 0 radical (unpaired) electrons. The van der Waals surface area contributed by atoms with Gasteiger partial charge < -0.3 is 4.74 Å². The summed E-state index contributed by atoms with van der Waals surface area (Å²) in [7, 11) is 0. The molecule has 3 rings (SSSR count). The number of thioether (sulfide) groups is 1. The van der Waals surface area contributed by atoms with Crippen molar-refractivity contribution >= 4 is 50.3 Å². The molecule has 0 bridgehead atoms. The van der Waals surface area contributed by atoms with E-state index >= 15 is 0 Å². The van der Waals surface area contributed by atoms with Crippen molar-refractivity contribution in [2.45, 2.75) is 37.3 Å². The lowest BCUT2D eigenvalue weighted by Gasteiger charge is -2.43. The van der Waals surface area contributed by atoms with Crippen molar-refractivity contribution < 1.29 is 4.74 Å². The van der Waals surface area contributed by atoms with Gasteiger partial charge in [0.1, 0.15) is 3.70 Å². The average molecular weight is 443 g/mol. The first-order valence-electron chi connectivity index (χ1n) is 6.30. The van der Waals surface area contributed by atoms with E-state index < -0.39 is 0 Å². The molecule has 0 aliphatic carbocycles. The molecule has 2 fully saturated rings. The summed E-state index contributed by atoms with van der Waals surface area (Å²) in [6.07, 6.45) is 6.72. The molecule has 1 unspecified atom stereocenters. The highest BCUT2D eigenvalue weighted by atomic mass is 127. The van der Waals surface area contributed by atoms with E-state index in [2.05, 4.69) is 66.3 Å². The fourth-order valence-corrected chi connectivity index (χ4v) is 4.77. The number of halogens is 2. The van der Waals surface area contributed by atoms with Gasteiger partial charge in [-0.15, -0.1) is 0 Å². The molecule has 2 aliphatic heterocycles. The number of hydrogen-bond acceptors (Lipinski definition) is 3. The molecular formula is C12H16BrIN2OS. The number of ether oxygens (including phenoxy) is 1. The lowest BCUT2D eigenvalue weighted by Crippen LogP contribution is -2.43. The number of hydrogen-bond donors (Lipinski definition) is 0. The highest BCUT2D eigenvalue weighted by Gasteiger charge is 2.39. The van der Waals surface area contributed by atoms with Crippen LogP contribution in [-0.2, 0) is 4.74 Å². The second kappa shape index (κ2) is 5.61. The third-order valence-corrected chi connectivity index (χ3v) is 7.00. The summed E-state index contributed by atoms with van der Waals surface area (Å²) in [6.45, 7) is 0.878. The van der Waals surface area contributed by atoms with Crippen molar-refractivity contribution in [1.29, 1.82) is 0 Å². The molecule has 100 valence electrons. The molecule has 1 aromatic rings. The van der Waals surface area contributed by atoms with Crippen molar-refractivity contribution in [3.63, 3.8) is 0 Å². The van der Waals surface area contributed by atoms with E-state index in [4.69, 9.17) is 4.74 Å². The van der Waals surface area contributed by atoms with Crippen LogP contribution < -0.4 is 0 Å². The second-order valence-electron chi connectivity index (χ2n) is 5.04. The Kier molecular flexibility index (Phi) is 4.27. The zero-order valence-corrected chi connectivity index (χ0v) is 14.6.